The number of rotatable bonds is 6. The number of ether oxygens (including phenoxy) is 3. The molecule has 1 aliphatic rings. The van der Waals surface area contributed by atoms with Gasteiger partial charge in [-0.15, -0.1) is 11.3 Å². The summed E-state index contributed by atoms with van der Waals surface area (Å²) in [5, 5.41) is 9.05. The maximum atomic E-state index is 6.92. The maximum absolute atomic E-state index is 6.92. The number of hydrogen-bond acceptors (Lipinski definition) is 9. The molecule has 1 fully saturated rings. The van der Waals surface area contributed by atoms with Crippen LogP contribution in [0, 0.1) is 0 Å². The maximum Gasteiger partial charge on any atom is 0.325 e. The van der Waals surface area contributed by atoms with Gasteiger partial charge in [0.1, 0.15) is 10.8 Å². The molecule has 200 valence electrons. The molecule has 0 amide bonds. The predicted molar refractivity (Wildman–Crippen MR) is 156 cm³/mol. The number of anilines is 1. The Balaban J connectivity index is 1.45. The van der Waals surface area contributed by atoms with Crippen molar-refractivity contribution in [3.8, 4) is 39.3 Å². The third-order valence-corrected chi connectivity index (χ3v) is 7.93. The molecule has 2 N–H and O–H groups in total. The molecule has 10 heteroatoms. The monoisotopic (exact) mass is 550 g/mol. The molecule has 7 rings (SSSR count). The number of methoxy groups -OCH3 is 1. The van der Waals surface area contributed by atoms with E-state index >= 15 is 0 Å². The fourth-order valence-electron chi connectivity index (χ4n) is 5.26. The highest BCUT2D eigenvalue weighted by atomic mass is 32.1. The zero-order valence-electron chi connectivity index (χ0n) is 21.8. The molecule has 1 saturated heterocycles. The summed E-state index contributed by atoms with van der Waals surface area (Å²) < 4.78 is 19.8. The van der Waals surface area contributed by atoms with Crippen molar-refractivity contribution in [2.45, 2.75) is 25.5 Å². The van der Waals surface area contributed by atoms with Gasteiger partial charge < -0.3 is 19.9 Å². The second-order valence-corrected chi connectivity index (χ2v) is 10.4. The first-order valence-corrected chi connectivity index (χ1v) is 14.0. The van der Waals surface area contributed by atoms with E-state index in [-0.39, 0.29) is 12.2 Å². The van der Waals surface area contributed by atoms with Crippen LogP contribution >= 0.6 is 11.3 Å². The summed E-state index contributed by atoms with van der Waals surface area (Å²) in [5.74, 6) is 0.946. The van der Waals surface area contributed by atoms with Crippen LogP contribution in [-0.4, -0.2) is 38.4 Å². The van der Waals surface area contributed by atoms with Crippen LogP contribution < -0.4 is 15.2 Å². The lowest BCUT2D eigenvalue weighted by atomic mass is 9.95. The molecule has 4 heterocycles. The SMILES string of the molecule is COc1nc(Oc2ccccc2)nc2c(-c3nccs3)cc(-c3cccc4c3cnn4C3CCCCO3)c(N)c12. The lowest BCUT2D eigenvalue weighted by molar-refractivity contribution is -0.0366. The average molecular weight is 551 g/mol. The highest BCUT2D eigenvalue weighted by molar-refractivity contribution is 7.13. The highest BCUT2D eigenvalue weighted by Crippen LogP contribution is 2.45. The molecule has 0 spiro atoms. The second-order valence-electron chi connectivity index (χ2n) is 9.53. The Hall–Kier alpha value is -4.54. The first-order valence-electron chi connectivity index (χ1n) is 13.1. The lowest BCUT2D eigenvalue weighted by Crippen LogP contribution is -2.18. The number of benzene rings is 3. The van der Waals surface area contributed by atoms with E-state index in [0.29, 0.717) is 28.2 Å². The van der Waals surface area contributed by atoms with Gasteiger partial charge in [0.15, 0.2) is 6.23 Å². The molecule has 1 atom stereocenters. The van der Waals surface area contributed by atoms with Gasteiger partial charge in [0.25, 0.3) is 0 Å². The van der Waals surface area contributed by atoms with Crippen molar-refractivity contribution in [3.05, 3.63) is 72.4 Å². The normalized spacial score (nSPS) is 15.5. The third-order valence-electron chi connectivity index (χ3n) is 7.13. The van der Waals surface area contributed by atoms with E-state index in [1.807, 2.05) is 58.7 Å². The summed E-state index contributed by atoms with van der Waals surface area (Å²) in [6.07, 6.45) is 6.73. The van der Waals surface area contributed by atoms with Gasteiger partial charge in [0.05, 0.1) is 35.4 Å². The van der Waals surface area contributed by atoms with Gasteiger partial charge >= 0.3 is 6.01 Å². The van der Waals surface area contributed by atoms with E-state index in [1.54, 1.807) is 13.3 Å². The number of nitrogens with zero attached hydrogens (tertiary/aromatic N) is 5. The van der Waals surface area contributed by atoms with Crippen molar-refractivity contribution in [3.63, 3.8) is 0 Å². The summed E-state index contributed by atoms with van der Waals surface area (Å²) >= 11 is 1.52. The van der Waals surface area contributed by atoms with Crippen LogP contribution in [0.5, 0.6) is 17.6 Å². The fourth-order valence-corrected chi connectivity index (χ4v) is 5.92. The van der Waals surface area contributed by atoms with E-state index in [4.69, 9.17) is 30.0 Å². The molecule has 40 heavy (non-hydrogen) atoms. The Morgan fingerprint density at radius 2 is 1.93 bits per heavy atom. The quantitative estimate of drug-likeness (QED) is 0.224. The van der Waals surface area contributed by atoms with Gasteiger partial charge in [0.2, 0.25) is 5.88 Å². The summed E-state index contributed by atoms with van der Waals surface area (Å²) in [4.78, 5) is 14.0. The van der Waals surface area contributed by atoms with Gasteiger partial charge in [0, 0.05) is 34.7 Å². The molecule has 3 aromatic carbocycles. The van der Waals surface area contributed by atoms with Crippen molar-refractivity contribution in [2.24, 2.45) is 0 Å². The van der Waals surface area contributed by atoms with Crippen LogP contribution in [-0.2, 0) is 4.74 Å². The Morgan fingerprint density at radius 1 is 1.02 bits per heavy atom. The summed E-state index contributed by atoms with van der Waals surface area (Å²) in [7, 11) is 1.57. The number of aromatic nitrogens is 5. The Kier molecular flexibility index (Phi) is 6.26. The smallest absolute Gasteiger partial charge is 0.325 e. The minimum absolute atomic E-state index is 0.0714. The van der Waals surface area contributed by atoms with Gasteiger partial charge in [-0.25, -0.2) is 9.67 Å². The van der Waals surface area contributed by atoms with Crippen molar-refractivity contribution < 1.29 is 14.2 Å². The Bertz CT molecular complexity index is 1820. The number of fused-ring (bicyclic) bond motifs is 2. The lowest BCUT2D eigenvalue weighted by Gasteiger charge is -2.23. The molecule has 6 aromatic rings. The molecule has 1 aliphatic heterocycles. The van der Waals surface area contributed by atoms with Crippen LogP contribution in [0.2, 0.25) is 0 Å². The van der Waals surface area contributed by atoms with Crippen LogP contribution in [0.15, 0.2) is 72.4 Å². The van der Waals surface area contributed by atoms with Crippen LogP contribution in [0.4, 0.5) is 5.69 Å². The van der Waals surface area contributed by atoms with Crippen molar-refractivity contribution in [1.29, 1.82) is 0 Å². The minimum atomic E-state index is -0.0714. The standard InChI is InChI=1S/C30H26N6O3S/c1-37-28-25-26(31)20(19-10-7-11-23-22(19)17-33-36(23)24-12-5-6-14-38-24)16-21(29-32-13-15-40-29)27(25)34-30(35-28)39-18-8-3-2-4-9-18/h2-4,7-11,13,15-17,24H,5-6,12,14,31H2,1H3. The number of para-hydroxylation sites is 1. The minimum Gasteiger partial charge on any atom is -0.480 e. The number of nitrogen functional groups attached to an aromatic ring is 1. The predicted octanol–water partition coefficient (Wildman–Crippen LogP) is 6.85. The Labute approximate surface area is 234 Å². The first-order chi connectivity index (χ1) is 19.7. The van der Waals surface area contributed by atoms with Gasteiger partial charge in [-0.05, 0) is 49.1 Å². The van der Waals surface area contributed by atoms with Crippen molar-refractivity contribution in [1.82, 2.24) is 24.7 Å². The summed E-state index contributed by atoms with van der Waals surface area (Å²) in [6, 6.07) is 17.7. The highest BCUT2D eigenvalue weighted by Gasteiger charge is 2.24. The van der Waals surface area contributed by atoms with E-state index in [9.17, 15) is 0 Å². The molecule has 9 nitrogen and oxygen atoms in total. The average Bonchev–Trinajstić information content (AvgIpc) is 3.69. The topological polar surface area (TPSA) is 110 Å². The van der Waals surface area contributed by atoms with Crippen LogP contribution in [0.1, 0.15) is 25.5 Å². The van der Waals surface area contributed by atoms with Gasteiger partial charge in [-0.2, -0.15) is 15.1 Å². The number of thiazole rings is 1. The van der Waals surface area contributed by atoms with Gasteiger partial charge in [-0.1, -0.05) is 30.3 Å². The van der Waals surface area contributed by atoms with E-state index < -0.39 is 0 Å². The molecule has 0 aliphatic carbocycles. The van der Waals surface area contributed by atoms with E-state index in [1.165, 1.54) is 11.3 Å². The summed E-state index contributed by atoms with van der Waals surface area (Å²) in [5.41, 5.74) is 11.6. The molecular formula is C30H26N6O3S. The van der Waals surface area contributed by atoms with Crippen molar-refractivity contribution in [2.75, 3.05) is 19.5 Å². The molecule has 0 bridgehead atoms. The van der Waals surface area contributed by atoms with Crippen molar-refractivity contribution >= 4 is 38.8 Å². The van der Waals surface area contributed by atoms with E-state index in [2.05, 4.69) is 22.1 Å². The largest absolute Gasteiger partial charge is 0.480 e. The third kappa shape index (κ3) is 4.21. The molecule has 3 aromatic heterocycles. The first kappa shape index (κ1) is 24.5. The number of nitrogens with two attached hydrogens (primary N) is 1. The fraction of sp³-hybridized carbons (Fsp3) is 0.200. The molecule has 0 saturated carbocycles. The second kappa shape index (κ2) is 10.2. The molecule has 0 radical (unpaired) electrons. The van der Waals surface area contributed by atoms with Gasteiger partial charge in [-0.3, -0.25) is 0 Å². The Morgan fingerprint density at radius 3 is 2.70 bits per heavy atom. The van der Waals surface area contributed by atoms with Crippen LogP contribution in [0.3, 0.4) is 0 Å². The summed E-state index contributed by atoms with van der Waals surface area (Å²) in [6.45, 7) is 0.746. The zero-order chi connectivity index (χ0) is 27.1. The van der Waals surface area contributed by atoms with E-state index in [0.717, 1.165) is 58.5 Å². The molecular weight excluding hydrogens is 524 g/mol. The molecule has 1 unspecified atom stereocenters. The zero-order valence-corrected chi connectivity index (χ0v) is 22.6. The van der Waals surface area contributed by atoms with Crippen LogP contribution in [0.25, 0.3) is 43.5 Å². The number of hydrogen-bond donors (Lipinski definition) is 1.